The Morgan fingerprint density at radius 2 is 2.12 bits per heavy atom. The molecule has 0 aliphatic heterocycles. The van der Waals surface area contributed by atoms with E-state index in [0.29, 0.717) is 0 Å². The molecule has 0 atom stereocenters. The summed E-state index contributed by atoms with van der Waals surface area (Å²) >= 11 is 0. The lowest BCUT2D eigenvalue weighted by Gasteiger charge is -2.15. The Labute approximate surface area is 94.3 Å². The topological polar surface area (TPSA) is 51.3 Å². The number of rotatable bonds is 3. The van der Waals surface area contributed by atoms with Gasteiger partial charge in [-0.25, -0.2) is 0 Å². The maximum atomic E-state index is 10.9. The summed E-state index contributed by atoms with van der Waals surface area (Å²) < 4.78 is 2.04. The number of nitrogens with two attached hydrogens (primary N) is 1. The Morgan fingerprint density at radius 1 is 1.44 bits per heavy atom. The fourth-order valence-corrected chi connectivity index (χ4v) is 1.94. The third kappa shape index (κ3) is 1.74. The second-order valence-electron chi connectivity index (χ2n) is 3.96. The standard InChI is InChI=1S/C12H15N3O/c1-14-7-11(15(2)8-12(13)16)9-5-3-4-6-10(9)14/h3-7H,8H2,1-2H3,(H2,13,16). The highest BCUT2D eigenvalue weighted by atomic mass is 16.1. The molecule has 0 fully saturated rings. The molecule has 1 aromatic heterocycles. The molecule has 0 aliphatic carbocycles. The Hall–Kier alpha value is -1.97. The molecule has 4 nitrogen and oxygen atoms in total. The van der Waals surface area contributed by atoms with Crippen molar-refractivity contribution in [2.24, 2.45) is 12.8 Å². The Bertz CT molecular complexity index is 530. The first-order valence-electron chi connectivity index (χ1n) is 5.13. The number of hydrogen-bond acceptors (Lipinski definition) is 2. The SMILES string of the molecule is CN(CC(N)=O)c1cn(C)c2ccccc12. The highest BCUT2D eigenvalue weighted by Gasteiger charge is 2.11. The number of aryl methyl sites for hydroxylation is 1. The lowest BCUT2D eigenvalue weighted by molar-refractivity contribution is -0.116. The number of nitrogens with zero attached hydrogens (tertiary/aromatic N) is 2. The van der Waals surface area contributed by atoms with Gasteiger partial charge in [0.25, 0.3) is 0 Å². The van der Waals surface area contributed by atoms with Gasteiger partial charge in [0.2, 0.25) is 5.91 Å². The van der Waals surface area contributed by atoms with Crippen LogP contribution in [0.1, 0.15) is 0 Å². The molecule has 1 heterocycles. The summed E-state index contributed by atoms with van der Waals surface area (Å²) in [5.41, 5.74) is 7.37. The fourth-order valence-electron chi connectivity index (χ4n) is 1.94. The van der Waals surface area contributed by atoms with Gasteiger partial charge >= 0.3 is 0 Å². The zero-order valence-electron chi connectivity index (χ0n) is 9.47. The Balaban J connectivity index is 2.48. The number of carbonyl (C=O) groups is 1. The van der Waals surface area contributed by atoms with Crippen LogP contribution >= 0.6 is 0 Å². The molecule has 84 valence electrons. The molecular weight excluding hydrogens is 202 g/mol. The average Bonchev–Trinajstić information content (AvgIpc) is 2.56. The first-order valence-corrected chi connectivity index (χ1v) is 5.13. The smallest absolute Gasteiger partial charge is 0.236 e. The van der Waals surface area contributed by atoms with E-state index in [1.54, 1.807) is 0 Å². The summed E-state index contributed by atoms with van der Waals surface area (Å²) in [4.78, 5) is 12.8. The molecule has 0 saturated carbocycles. The van der Waals surface area contributed by atoms with Crippen LogP contribution in [-0.4, -0.2) is 24.1 Å². The molecule has 2 rings (SSSR count). The van der Waals surface area contributed by atoms with Crippen molar-refractivity contribution in [1.29, 1.82) is 0 Å². The molecule has 1 aromatic carbocycles. The van der Waals surface area contributed by atoms with Crippen LogP contribution in [0.4, 0.5) is 5.69 Å². The first-order chi connectivity index (χ1) is 7.59. The van der Waals surface area contributed by atoms with E-state index >= 15 is 0 Å². The van der Waals surface area contributed by atoms with Crippen LogP contribution in [0.5, 0.6) is 0 Å². The zero-order chi connectivity index (χ0) is 11.7. The van der Waals surface area contributed by atoms with Crippen molar-refractivity contribution in [3.8, 4) is 0 Å². The van der Waals surface area contributed by atoms with Crippen LogP contribution in [-0.2, 0) is 11.8 Å². The van der Waals surface area contributed by atoms with Crippen molar-refractivity contribution in [3.05, 3.63) is 30.5 Å². The number of amides is 1. The van der Waals surface area contributed by atoms with E-state index < -0.39 is 0 Å². The third-order valence-corrected chi connectivity index (χ3v) is 2.68. The van der Waals surface area contributed by atoms with Gasteiger partial charge in [0.05, 0.1) is 12.2 Å². The van der Waals surface area contributed by atoms with Gasteiger partial charge in [-0.15, -0.1) is 0 Å². The third-order valence-electron chi connectivity index (χ3n) is 2.68. The predicted octanol–water partition coefficient (Wildman–Crippen LogP) is 1.10. The van der Waals surface area contributed by atoms with Gasteiger partial charge in [0.1, 0.15) is 0 Å². The van der Waals surface area contributed by atoms with Crippen LogP contribution in [0.15, 0.2) is 30.5 Å². The van der Waals surface area contributed by atoms with Crippen molar-refractivity contribution in [1.82, 2.24) is 4.57 Å². The molecule has 0 unspecified atom stereocenters. The number of aromatic nitrogens is 1. The van der Waals surface area contributed by atoms with E-state index in [9.17, 15) is 4.79 Å². The van der Waals surface area contributed by atoms with Crippen molar-refractivity contribution in [3.63, 3.8) is 0 Å². The van der Waals surface area contributed by atoms with Crippen molar-refractivity contribution in [2.45, 2.75) is 0 Å². The van der Waals surface area contributed by atoms with E-state index in [1.165, 1.54) is 0 Å². The van der Waals surface area contributed by atoms with Gasteiger partial charge in [0, 0.05) is 31.2 Å². The maximum Gasteiger partial charge on any atom is 0.236 e. The molecule has 0 aliphatic rings. The van der Waals surface area contributed by atoms with Crippen LogP contribution in [0, 0.1) is 0 Å². The normalized spacial score (nSPS) is 10.6. The molecule has 16 heavy (non-hydrogen) atoms. The van der Waals surface area contributed by atoms with Gasteiger partial charge < -0.3 is 15.2 Å². The minimum absolute atomic E-state index is 0.230. The summed E-state index contributed by atoms with van der Waals surface area (Å²) in [6.07, 6.45) is 2.01. The van der Waals surface area contributed by atoms with Crippen molar-refractivity contribution >= 4 is 22.5 Å². The van der Waals surface area contributed by atoms with Crippen LogP contribution in [0.3, 0.4) is 0 Å². The van der Waals surface area contributed by atoms with Crippen LogP contribution < -0.4 is 10.6 Å². The summed E-state index contributed by atoms with van der Waals surface area (Å²) in [5, 5.41) is 1.13. The highest BCUT2D eigenvalue weighted by molar-refractivity contribution is 5.94. The minimum atomic E-state index is -0.324. The van der Waals surface area contributed by atoms with Gasteiger partial charge in [0.15, 0.2) is 0 Å². The maximum absolute atomic E-state index is 10.9. The van der Waals surface area contributed by atoms with E-state index in [0.717, 1.165) is 16.6 Å². The molecule has 0 spiro atoms. The summed E-state index contributed by atoms with van der Waals surface area (Å²) in [6, 6.07) is 8.09. The number of hydrogen-bond donors (Lipinski definition) is 1. The average molecular weight is 217 g/mol. The molecule has 2 aromatic rings. The molecule has 0 radical (unpaired) electrons. The number of primary amides is 1. The highest BCUT2D eigenvalue weighted by Crippen LogP contribution is 2.27. The van der Waals surface area contributed by atoms with Crippen molar-refractivity contribution in [2.75, 3.05) is 18.5 Å². The number of anilines is 1. The fraction of sp³-hybridized carbons (Fsp3) is 0.250. The van der Waals surface area contributed by atoms with Crippen LogP contribution in [0.2, 0.25) is 0 Å². The Kier molecular flexibility index (Phi) is 2.56. The lowest BCUT2D eigenvalue weighted by atomic mass is 10.2. The molecular formula is C12H15N3O. The van der Waals surface area contributed by atoms with Gasteiger partial charge in [-0.1, -0.05) is 18.2 Å². The molecule has 1 amide bonds. The number of fused-ring (bicyclic) bond motifs is 1. The number of benzene rings is 1. The molecule has 0 bridgehead atoms. The second kappa shape index (κ2) is 3.89. The number of para-hydroxylation sites is 1. The lowest BCUT2D eigenvalue weighted by Crippen LogP contribution is -2.30. The van der Waals surface area contributed by atoms with Crippen LogP contribution in [0.25, 0.3) is 10.9 Å². The number of carbonyl (C=O) groups excluding carboxylic acids is 1. The van der Waals surface area contributed by atoms with Gasteiger partial charge in [-0.05, 0) is 6.07 Å². The molecule has 4 heteroatoms. The van der Waals surface area contributed by atoms with E-state index in [4.69, 9.17) is 5.73 Å². The van der Waals surface area contributed by atoms with Crippen molar-refractivity contribution < 1.29 is 4.79 Å². The van der Waals surface area contributed by atoms with E-state index in [2.05, 4.69) is 6.07 Å². The molecule has 2 N–H and O–H groups in total. The summed E-state index contributed by atoms with van der Waals surface area (Å²) in [6.45, 7) is 0.230. The largest absolute Gasteiger partial charge is 0.368 e. The monoisotopic (exact) mass is 217 g/mol. The first kappa shape index (κ1) is 10.5. The zero-order valence-corrected chi connectivity index (χ0v) is 9.47. The molecule has 0 saturated heterocycles. The Morgan fingerprint density at radius 3 is 2.81 bits per heavy atom. The van der Waals surface area contributed by atoms with Gasteiger partial charge in [-0.3, -0.25) is 4.79 Å². The minimum Gasteiger partial charge on any atom is -0.368 e. The van der Waals surface area contributed by atoms with E-state index in [-0.39, 0.29) is 12.5 Å². The summed E-state index contributed by atoms with van der Waals surface area (Å²) in [5.74, 6) is -0.324. The predicted molar refractivity (Wildman–Crippen MR) is 65.4 cm³/mol. The quantitative estimate of drug-likeness (QED) is 0.837. The second-order valence-corrected chi connectivity index (χ2v) is 3.96. The summed E-state index contributed by atoms with van der Waals surface area (Å²) in [7, 11) is 3.86. The van der Waals surface area contributed by atoms with Gasteiger partial charge in [-0.2, -0.15) is 0 Å². The number of likely N-dealkylation sites (N-methyl/N-ethyl adjacent to an activating group) is 1. The van der Waals surface area contributed by atoms with E-state index in [1.807, 2.05) is 48.0 Å².